The molecular formula is C16H22N2. The van der Waals surface area contributed by atoms with Gasteiger partial charge in [-0.05, 0) is 50.5 Å². The highest BCUT2D eigenvalue weighted by atomic mass is 14.7. The standard InChI is InChI=1S/C16H22N2/c1-12(2)16(9-10-18-13(3)4)15-7-5-14(11-17)6-8-15/h5-10H,11,17H2,1-4H3/b10-9-. The Labute approximate surface area is 110 Å². The molecule has 1 aromatic carbocycles. The number of hydrogen-bond donors (Lipinski definition) is 1. The molecule has 0 amide bonds. The summed E-state index contributed by atoms with van der Waals surface area (Å²) in [7, 11) is 0. The average Bonchev–Trinajstić information content (AvgIpc) is 2.34. The third-order valence-corrected chi connectivity index (χ3v) is 2.61. The van der Waals surface area contributed by atoms with Crippen LogP contribution in [-0.2, 0) is 6.54 Å². The Bertz CT molecular complexity index is 468. The zero-order valence-electron chi connectivity index (χ0n) is 11.7. The molecule has 0 aromatic heterocycles. The Kier molecular flexibility index (Phi) is 5.53. The van der Waals surface area contributed by atoms with Gasteiger partial charge in [0.1, 0.15) is 0 Å². The van der Waals surface area contributed by atoms with Crippen molar-refractivity contribution in [3.05, 3.63) is 53.2 Å². The molecule has 0 aliphatic heterocycles. The van der Waals surface area contributed by atoms with Gasteiger partial charge in [0.25, 0.3) is 0 Å². The zero-order chi connectivity index (χ0) is 13.5. The molecular weight excluding hydrogens is 220 g/mol. The first-order chi connectivity index (χ1) is 8.54. The second-order valence-electron chi connectivity index (χ2n) is 4.71. The molecule has 0 aliphatic carbocycles. The van der Waals surface area contributed by atoms with Crippen LogP contribution in [0.25, 0.3) is 5.57 Å². The summed E-state index contributed by atoms with van der Waals surface area (Å²) in [5, 5.41) is 0. The summed E-state index contributed by atoms with van der Waals surface area (Å²) < 4.78 is 0. The van der Waals surface area contributed by atoms with E-state index in [4.69, 9.17) is 5.73 Å². The van der Waals surface area contributed by atoms with E-state index in [1.54, 1.807) is 0 Å². The largest absolute Gasteiger partial charge is 0.326 e. The van der Waals surface area contributed by atoms with Crippen molar-refractivity contribution in [3.8, 4) is 0 Å². The number of nitrogens with two attached hydrogens (primary N) is 1. The van der Waals surface area contributed by atoms with Gasteiger partial charge in [-0.3, -0.25) is 4.99 Å². The van der Waals surface area contributed by atoms with E-state index in [2.05, 4.69) is 49.2 Å². The van der Waals surface area contributed by atoms with Crippen LogP contribution >= 0.6 is 0 Å². The summed E-state index contributed by atoms with van der Waals surface area (Å²) in [5.41, 5.74) is 11.5. The fourth-order valence-electron chi connectivity index (χ4n) is 1.63. The van der Waals surface area contributed by atoms with Crippen LogP contribution in [0.1, 0.15) is 38.8 Å². The second kappa shape index (κ2) is 6.92. The first kappa shape index (κ1) is 14.4. The third kappa shape index (κ3) is 4.30. The summed E-state index contributed by atoms with van der Waals surface area (Å²) in [5.74, 6) is 0. The van der Waals surface area contributed by atoms with Crippen LogP contribution in [0, 0.1) is 0 Å². The summed E-state index contributed by atoms with van der Waals surface area (Å²) in [4.78, 5) is 4.29. The molecule has 0 heterocycles. The van der Waals surface area contributed by atoms with Crippen LogP contribution < -0.4 is 5.73 Å². The Hall–Kier alpha value is -1.67. The van der Waals surface area contributed by atoms with Crippen LogP contribution in [0.2, 0.25) is 0 Å². The van der Waals surface area contributed by atoms with Crippen LogP contribution in [-0.4, -0.2) is 5.71 Å². The Morgan fingerprint density at radius 1 is 1.11 bits per heavy atom. The molecule has 0 fully saturated rings. The maximum Gasteiger partial charge on any atom is 0.0273 e. The maximum atomic E-state index is 5.61. The van der Waals surface area contributed by atoms with Crippen LogP contribution in [0.5, 0.6) is 0 Å². The lowest BCUT2D eigenvalue weighted by molar-refractivity contribution is 1.07. The molecule has 2 heteroatoms. The molecule has 0 bridgehead atoms. The van der Waals surface area contributed by atoms with Crippen LogP contribution in [0.15, 0.2) is 47.1 Å². The molecule has 1 aromatic rings. The SMILES string of the molecule is CC(C)=N/C=C\C(=C(C)C)c1ccc(CN)cc1. The van der Waals surface area contributed by atoms with Gasteiger partial charge >= 0.3 is 0 Å². The smallest absolute Gasteiger partial charge is 0.0273 e. The van der Waals surface area contributed by atoms with Gasteiger partial charge in [-0.1, -0.05) is 29.8 Å². The molecule has 18 heavy (non-hydrogen) atoms. The monoisotopic (exact) mass is 242 g/mol. The van der Waals surface area contributed by atoms with Gasteiger partial charge < -0.3 is 5.73 Å². The molecule has 0 spiro atoms. The first-order valence-electron chi connectivity index (χ1n) is 6.19. The molecule has 0 radical (unpaired) electrons. The summed E-state index contributed by atoms with van der Waals surface area (Å²) in [6.45, 7) is 8.78. The third-order valence-electron chi connectivity index (χ3n) is 2.61. The van der Waals surface area contributed by atoms with E-state index in [-0.39, 0.29) is 0 Å². The minimum Gasteiger partial charge on any atom is -0.326 e. The predicted octanol–water partition coefficient (Wildman–Crippen LogP) is 3.93. The highest BCUT2D eigenvalue weighted by Gasteiger charge is 2.00. The van der Waals surface area contributed by atoms with Crippen molar-refractivity contribution < 1.29 is 0 Å². The molecule has 96 valence electrons. The Morgan fingerprint density at radius 2 is 1.72 bits per heavy atom. The highest BCUT2D eigenvalue weighted by Crippen LogP contribution is 2.20. The van der Waals surface area contributed by atoms with Crippen molar-refractivity contribution in [2.24, 2.45) is 10.7 Å². The van der Waals surface area contributed by atoms with Crippen molar-refractivity contribution in [3.63, 3.8) is 0 Å². The lowest BCUT2D eigenvalue weighted by atomic mass is 10.00. The fourth-order valence-corrected chi connectivity index (χ4v) is 1.63. The van der Waals surface area contributed by atoms with E-state index >= 15 is 0 Å². The number of allylic oxidation sites excluding steroid dienone is 3. The molecule has 1 rings (SSSR count). The number of rotatable bonds is 4. The number of aliphatic imine (C=N–C) groups is 1. The quantitative estimate of drug-likeness (QED) is 0.630. The van der Waals surface area contributed by atoms with Crippen molar-refractivity contribution in [1.82, 2.24) is 0 Å². The Morgan fingerprint density at radius 3 is 2.17 bits per heavy atom. The van der Waals surface area contributed by atoms with Crippen molar-refractivity contribution >= 4 is 11.3 Å². The van der Waals surface area contributed by atoms with E-state index in [1.807, 2.05) is 20.0 Å². The van der Waals surface area contributed by atoms with Gasteiger partial charge in [0, 0.05) is 18.5 Å². The lowest BCUT2D eigenvalue weighted by Gasteiger charge is -2.06. The molecule has 0 saturated carbocycles. The molecule has 2 nitrogen and oxygen atoms in total. The van der Waals surface area contributed by atoms with Crippen LogP contribution in [0.3, 0.4) is 0 Å². The maximum absolute atomic E-state index is 5.61. The molecule has 0 atom stereocenters. The zero-order valence-corrected chi connectivity index (χ0v) is 11.7. The van der Waals surface area contributed by atoms with Gasteiger partial charge in [0.05, 0.1) is 0 Å². The van der Waals surface area contributed by atoms with Crippen LogP contribution in [0.4, 0.5) is 0 Å². The summed E-state index contributed by atoms with van der Waals surface area (Å²) >= 11 is 0. The van der Waals surface area contributed by atoms with Gasteiger partial charge in [-0.25, -0.2) is 0 Å². The van der Waals surface area contributed by atoms with Crippen molar-refractivity contribution in [1.29, 1.82) is 0 Å². The van der Waals surface area contributed by atoms with Gasteiger partial charge in [0.15, 0.2) is 0 Å². The van der Waals surface area contributed by atoms with E-state index in [1.165, 1.54) is 16.7 Å². The summed E-state index contributed by atoms with van der Waals surface area (Å²) in [6.07, 6.45) is 3.91. The molecule has 0 aliphatic rings. The molecule has 2 N–H and O–H groups in total. The minimum atomic E-state index is 0.583. The van der Waals surface area contributed by atoms with E-state index in [0.717, 1.165) is 11.3 Å². The Balaban J connectivity index is 3.03. The highest BCUT2D eigenvalue weighted by molar-refractivity contribution is 5.81. The van der Waals surface area contributed by atoms with Gasteiger partial charge in [-0.15, -0.1) is 0 Å². The fraction of sp³-hybridized carbons (Fsp3) is 0.312. The van der Waals surface area contributed by atoms with Gasteiger partial charge in [-0.2, -0.15) is 0 Å². The number of benzene rings is 1. The predicted molar refractivity (Wildman–Crippen MR) is 80.5 cm³/mol. The van der Waals surface area contributed by atoms with E-state index in [9.17, 15) is 0 Å². The van der Waals surface area contributed by atoms with Crippen molar-refractivity contribution in [2.75, 3.05) is 0 Å². The topological polar surface area (TPSA) is 38.4 Å². The van der Waals surface area contributed by atoms with Crippen molar-refractivity contribution in [2.45, 2.75) is 34.2 Å². The minimum absolute atomic E-state index is 0.583. The number of hydrogen-bond acceptors (Lipinski definition) is 2. The number of nitrogens with zero attached hydrogens (tertiary/aromatic N) is 1. The molecule has 0 saturated heterocycles. The normalized spacial score (nSPS) is 10.5. The summed E-state index contributed by atoms with van der Waals surface area (Å²) in [6, 6.07) is 8.36. The van der Waals surface area contributed by atoms with Gasteiger partial charge in [0.2, 0.25) is 0 Å². The average molecular weight is 242 g/mol. The molecule has 0 unspecified atom stereocenters. The lowest BCUT2D eigenvalue weighted by Crippen LogP contribution is -1.95. The second-order valence-corrected chi connectivity index (χ2v) is 4.71. The van der Waals surface area contributed by atoms with E-state index < -0.39 is 0 Å². The van der Waals surface area contributed by atoms with E-state index in [0.29, 0.717) is 6.54 Å². The first-order valence-corrected chi connectivity index (χ1v) is 6.19.